The van der Waals surface area contributed by atoms with E-state index in [4.69, 9.17) is 13.9 Å². The molecule has 3 N–H and O–H groups in total. The van der Waals surface area contributed by atoms with Crippen molar-refractivity contribution in [2.45, 2.75) is 4.90 Å². The molecule has 0 aliphatic carbocycles. The van der Waals surface area contributed by atoms with Gasteiger partial charge in [-0.3, -0.25) is 9.35 Å². The largest absolute Gasteiger partial charge is 0.507 e. The van der Waals surface area contributed by atoms with Crippen LogP contribution in [0.25, 0.3) is 22.3 Å². The highest BCUT2D eigenvalue weighted by atomic mass is 32.2. The second kappa shape index (κ2) is 6.49. The SMILES string of the molecule is COc1cc(O)c2c(=O)c(S(=O)(=O)O)c(-c3ccc(O)c(OC)c3)oc2c1. The lowest BCUT2D eigenvalue weighted by molar-refractivity contribution is 0.373. The number of aromatic hydroxyl groups is 2. The van der Waals surface area contributed by atoms with E-state index in [0.717, 1.165) is 6.07 Å². The fourth-order valence-electron chi connectivity index (χ4n) is 2.62. The Morgan fingerprint density at radius 2 is 1.70 bits per heavy atom. The first-order chi connectivity index (χ1) is 12.7. The third-order valence-corrected chi connectivity index (χ3v) is 4.73. The second-order valence-electron chi connectivity index (χ2n) is 5.47. The smallest absolute Gasteiger partial charge is 0.302 e. The van der Waals surface area contributed by atoms with Crippen molar-refractivity contribution in [3.63, 3.8) is 0 Å². The maximum atomic E-state index is 12.7. The number of phenols is 2. The van der Waals surface area contributed by atoms with Crippen molar-refractivity contribution in [3.05, 3.63) is 40.6 Å². The van der Waals surface area contributed by atoms with E-state index in [1.807, 2.05) is 0 Å². The standard InChI is InChI=1S/C17H14O9S/c1-24-9-6-11(19)14-13(7-9)26-16(17(15(14)20)27(21,22)23)8-3-4-10(18)12(5-8)25-2/h3-7,18-19H,1-2H3,(H,21,22,23). The molecule has 9 nitrogen and oxygen atoms in total. The molecule has 0 saturated carbocycles. The van der Waals surface area contributed by atoms with Gasteiger partial charge in [-0.25, -0.2) is 0 Å². The van der Waals surface area contributed by atoms with Crippen molar-refractivity contribution in [1.29, 1.82) is 0 Å². The van der Waals surface area contributed by atoms with Crippen molar-refractivity contribution in [1.82, 2.24) is 0 Å². The molecule has 1 heterocycles. The van der Waals surface area contributed by atoms with Crippen LogP contribution in [0.2, 0.25) is 0 Å². The minimum Gasteiger partial charge on any atom is -0.507 e. The molecule has 0 aliphatic heterocycles. The first-order valence-electron chi connectivity index (χ1n) is 7.40. The molecule has 3 rings (SSSR count). The van der Waals surface area contributed by atoms with Crippen molar-refractivity contribution >= 4 is 21.1 Å². The molecular formula is C17H14O9S. The lowest BCUT2D eigenvalue weighted by Gasteiger charge is -2.11. The summed E-state index contributed by atoms with van der Waals surface area (Å²) in [5.41, 5.74) is -1.27. The zero-order valence-corrected chi connectivity index (χ0v) is 14.9. The zero-order chi connectivity index (χ0) is 19.9. The molecule has 27 heavy (non-hydrogen) atoms. The number of hydrogen-bond acceptors (Lipinski definition) is 8. The number of ether oxygens (including phenoxy) is 2. The summed E-state index contributed by atoms with van der Waals surface area (Å²) >= 11 is 0. The number of hydrogen-bond donors (Lipinski definition) is 3. The molecule has 2 aromatic carbocycles. The molecular weight excluding hydrogens is 380 g/mol. The Hall–Kier alpha value is -3.24. The monoisotopic (exact) mass is 394 g/mol. The molecule has 10 heteroatoms. The molecule has 0 atom stereocenters. The second-order valence-corrected chi connectivity index (χ2v) is 6.83. The average molecular weight is 394 g/mol. The average Bonchev–Trinajstić information content (AvgIpc) is 2.60. The summed E-state index contributed by atoms with van der Waals surface area (Å²) in [4.78, 5) is 11.7. The summed E-state index contributed by atoms with van der Waals surface area (Å²) in [5, 5.41) is 19.3. The topological polar surface area (TPSA) is 144 Å². The van der Waals surface area contributed by atoms with Gasteiger partial charge in [0, 0.05) is 17.7 Å². The van der Waals surface area contributed by atoms with Gasteiger partial charge in [-0.2, -0.15) is 8.42 Å². The first-order valence-corrected chi connectivity index (χ1v) is 8.84. The number of rotatable bonds is 4. The summed E-state index contributed by atoms with van der Waals surface area (Å²) in [7, 11) is -2.41. The maximum absolute atomic E-state index is 12.7. The Balaban J connectivity index is 2.49. The predicted molar refractivity (Wildman–Crippen MR) is 94.2 cm³/mol. The lowest BCUT2D eigenvalue weighted by Crippen LogP contribution is -2.16. The van der Waals surface area contributed by atoms with Gasteiger partial charge in [0.1, 0.15) is 22.5 Å². The fraction of sp³-hybridized carbons (Fsp3) is 0.118. The normalized spacial score (nSPS) is 11.5. The molecule has 0 spiro atoms. The van der Waals surface area contributed by atoms with Crippen LogP contribution in [0.5, 0.6) is 23.0 Å². The summed E-state index contributed by atoms with van der Waals surface area (Å²) in [6, 6.07) is 6.10. The number of benzene rings is 2. The molecule has 1 aromatic heterocycles. The van der Waals surface area contributed by atoms with Crippen LogP contribution in [0.3, 0.4) is 0 Å². The highest BCUT2D eigenvalue weighted by molar-refractivity contribution is 7.86. The molecule has 142 valence electrons. The van der Waals surface area contributed by atoms with E-state index in [1.165, 1.54) is 38.5 Å². The molecule has 0 amide bonds. The third kappa shape index (κ3) is 3.15. The van der Waals surface area contributed by atoms with Gasteiger partial charge in [-0.05, 0) is 18.2 Å². The molecule has 0 fully saturated rings. The third-order valence-electron chi connectivity index (χ3n) is 3.84. The Bertz CT molecular complexity index is 1210. The van der Waals surface area contributed by atoms with Crippen LogP contribution in [0.15, 0.2) is 44.4 Å². The van der Waals surface area contributed by atoms with Gasteiger partial charge in [0.15, 0.2) is 22.2 Å². The van der Waals surface area contributed by atoms with Crippen LogP contribution in [-0.2, 0) is 10.1 Å². The van der Waals surface area contributed by atoms with Gasteiger partial charge in [-0.15, -0.1) is 0 Å². The van der Waals surface area contributed by atoms with E-state index in [2.05, 4.69) is 0 Å². The van der Waals surface area contributed by atoms with Gasteiger partial charge < -0.3 is 24.1 Å². The van der Waals surface area contributed by atoms with Crippen LogP contribution in [0, 0.1) is 0 Å². The van der Waals surface area contributed by atoms with Gasteiger partial charge in [0.25, 0.3) is 0 Å². The van der Waals surface area contributed by atoms with Crippen molar-refractivity contribution < 1.29 is 37.1 Å². The van der Waals surface area contributed by atoms with Gasteiger partial charge in [0.05, 0.1) is 14.2 Å². The van der Waals surface area contributed by atoms with Crippen LogP contribution >= 0.6 is 0 Å². The van der Waals surface area contributed by atoms with Crippen LogP contribution < -0.4 is 14.9 Å². The van der Waals surface area contributed by atoms with Gasteiger partial charge >= 0.3 is 10.1 Å². The summed E-state index contributed by atoms with van der Waals surface area (Å²) < 4.78 is 48.8. The predicted octanol–water partition coefficient (Wildman–Crippen LogP) is 2.14. The molecule has 3 aromatic rings. The highest BCUT2D eigenvalue weighted by Gasteiger charge is 2.28. The Morgan fingerprint density at radius 1 is 1.00 bits per heavy atom. The van der Waals surface area contributed by atoms with E-state index in [9.17, 15) is 28.0 Å². The number of phenolic OH excluding ortho intramolecular Hbond substituents is 2. The number of methoxy groups -OCH3 is 2. The van der Waals surface area contributed by atoms with E-state index in [1.54, 1.807) is 0 Å². The quantitative estimate of drug-likeness (QED) is 0.567. The zero-order valence-electron chi connectivity index (χ0n) is 14.1. The molecule has 0 unspecified atom stereocenters. The van der Waals surface area contributed by atoms with E-state index >= 15 is 0 Å². The maximum Gasteiger partial charge on any atom is 0.302 e. The molecule has 0 radical (unpaired) electrons. The first kappa shape index (κ1) is 18.5. The van der Waals surface area contributed by atoms with Gasteiger partial charge in [0.2, 0.25) is 5.43 Å². The minimum atomic E-state index is -5.02. The summed E-state index contributed by atoms with van der Waals surface area (Å²) in [5.74, 6) is -1.13. The van der Waals surface area contributed by atoms with Gasteiger partial charge in [-0.1, -0.05) is 0 Å². The Morgan fingerprint density at radius 3 is 2.30 bits per heavy atom. The van der Waals surface area contributed by atoms with Crippen LogP contribution in [0.1, 0.15) is 0 Å². The van der Waals surface area contributed by atoms with Crippen molar-refractivity contribution in [3.8, 4) is 34.3 Å². The number of fused-ring (bicyclic) bond motifs is 1. The minimum absolute atomic E-state index is 0.00924. The van der Waals surface area contributed by atoms with Crippen LogP contribution in [0.4, 0.5) is 0 Å². The summed E-state index contributed by atoms with van der Waals surface area (Å²) in [6.45, 7) is 0. The van der Waals surface area contributed by atoms with Crippen molar-refractivity contribution in [2.75, 3.05) is 14.2 Å². The molecule has 0 bridgehead atoms. The van der Waals surface area contributed by atoms with Crippen molar-refractivity contribution in [2.24, 2.45) is 0 Å². The van der Waals surface area contributed by atoms with E-state index in [-0.39, 0.29) is 28.4 Å². The molecule has 0 aliphatic rings. The van der Waals surface area contributed by atoms with Crippen LogP contribution in [-0.4, -0.2) is 37.4 Å². The lowest BCUT2D eigenvalue weighted by atomic mass is 10.1. The Kier molecular flexibility index (Phi) is 4.46. The summed E-state index contributed by atoms with van der Waals surface area (Å²) in [6.07, 6.45) is 0. The highest BCUT2D eigenvalue weighted by Crippen LogP contribution is 2.37. The molecule has 0 saturated heterocycles. The van der Waals surface area contributed by atoms with E-state index < -0.39 is 37.3 Å². The van der Waals surface area contributed by atoms with E-state index in [0.29, 0.717) is 0 Å². The fourth-order valence-corrected chi connectivity index (χ4v) is 3.35. The Labute approximate surface area is 152 Å².